The molecule has 0 saturated carbocycles. The largest absolute Gasteiger partial charge is 0.337 e. The highest BCUT2D eigenvalue weighted by Gasteiger charge is 2.23. The highest BCUT2D eigenvalue weighted by molar-refractivity contribution is 5.65. The Morgan fingerprint density at radius 3 is 2.36 bits per heavy atom. The lowest BCUT2D eigenvalue weighted by atomic mass is 10.0. The summed E-state index contributed by atoms with van der Waals surface area (Å²) in [5.41, 5.74) is 2.59. The van der Waals surface area contributed by atoms with Crippen molar-refractivity contribution in [3.8, 4) is 0 Å². The van der Waals surface area contributed by atoms with Gasteiger partial charge in [0.15, 0.2) is 5.82 Å². The van der Waals surface area contributed by atoms with Gasteiger partial charge in [-0.3, -0.25) is 0 Å². The minimum absolute atomic E-state index is 0.689. The summed E-state index contributed by atoms with van der Waals surface area (Å²) in [7, 11) is 0. The van der Waals surface area contributed by atoms with Gasteiger partial charge in [0.1, 0.15) is 0 Å². The molecule has 0 unspecified atom stereocenters. The van der Waals surface area contributed by atoms with Crippen molar-refractivity contribution in [2.75, 3.05) is 47.4 Å². The molecule has 4 heterocycles. The average Bonchev–Trinajstić information content (AvgIpc) is 2.79. The van der Waals surface area contributed by atoms with E-state index in [9.17, 15) is 0 Å². The van der Waals surface area contributed by atoms with Crippen LogP contribution >= 0.6 is 0 Å². The van der Waals surface area contributed by atoms with Crippen molar-refractivity contribution in [1.82, 2.24) is 25.1 Å². The summed E-state index contributed by atoms with van der Waals surface area (Å²) in [5.74, 6) is 2.33. The SMILES string of the molecule is c1cnc(N2CCN(c3nncc(N4CCCc5ccccc54)n3)CC2)nc1. The van der Waals surface area contributed by atoms with Crippen LogP contribution < -0.4 is 14.7 Å². The molecule has 1 aromatic carbocycles. The monoisotopic (exact) mass is 374 g/mol. The van der Waals surface area contributed by atoms with Crippen LogP contribution in [0.25, 0.3) is 0 Å². The first-order valence-electron chi connectivity index (χ1n) is 9.70. The van der Waals surface area contributed by atoms with Gasteiger partial charge < -0.3 is 14.7 Å². The fourth-order valence-corrected chi connectivity index (χ4v) is 3.88. The average molecular weight is 374 g/mol. The molecule has 28 heavy (non-hydrogen) atoms. The number of aromatic nitrogens is 5. The summed E-state index contributed by atoms with van der Waals surface area (Å²) >= 11 is 0. The fourth-order valence-electron chi connectivity index (χ4n) is 3.88. The number of hydrogen-bond acceptors (Lipinski definition) is 8. The molecule has 8 nitrogen and oxygen atoms in total. The molecule has 0 atom stereocenters. The van der Waals surface area contributed by atoms with E-state index in [2.05, 4.69) is 59.1 Å². The summed E-state index contributed by atoms with van der Waals surface area (Å²) < 4.78 is 0. The number of hydrogen-bond donors (Lipinski definition) is 0. The summed E-state index contributed by atoms with van der Waals surface area (Å²) in [6, 6.07) is 10.4. The van der Waals surface area contributed by atoms with Crippen molar-refractivity contribution in [2.24, 2.45) is 0 Å². The van der Waals surface area contributed by atoms with Gasteiger partial charge in [-0.15, -0.1) is 5.10 Å². The third kappa shape index (κ3) is 3.21. The van der Waals surface area contributed by atoms with Crippen molar-refractivity contribution in [3.05, 3.63) is 54.5 Å². The summed E-state index contributed by atoms with van der Waals surface area (Å²) in [5, 5.41) is 8.55. The van der Waals surface area contributed by atoms with E-state index in [1.165, 1.54) is 11.3 Å². The van der Waals surface area contributed by atoms with Gasteiger partial charge in [0, 0.05) is 50.8 Å². The Morgan fingerprint density at radius 1 is 0.786 bits per heavy atom. The van der Waals surface area contributed by atoms with Gasteiger partial charge in [-0.2, -0.15) is 10.1 Å². The number of nitrogens with zero attached hydrogens (tertiary/aromatic N) is 8. The lowest BCUT2D eigenvalue weighted by Crippen LogP contribution is -2.47. The summed E-state index contributed by atoms with van der Waals surface area (Å²) in [6.07, 6.45) is 7.55. The molecule has 0 N–H and O–H groups in total. The van der Waals surface area contributed by atoms with Crippen LogP contribution in [-0.4, -0.2) is 57.9 Å². The first-order chi connectivity index (χ1) is 13.9. The molecular formula is C20H22N8. The van der Waals surface area contributed by atoms with Gasteiger partial charge in [-0.1, -0.05) is 18.2 Å². The molecule has 0 spiro atoms. The second-order valence-electron chi connectivity index (χ2n) is 7.02. The number of benzene rings is 1. The van der Waals surface area contributed by atoms with E-state index in [4.69, 9.17) is 4.98 Å². The predicted molar refractivity (Wildman–Crippen MR) is 108 cm³/mol. The maximum absolute atomic E-state index is 4.85. The number of aryl methyl sites for hydroxylation is 1. The molecule has 142 valence electrons. The van der Waals surface area contributed by atoms with Crippen LogP contribution in [0.2, 0.25) is 0 Å². The fraction of sp³-hybridized carbons (Fsp3) is 0.350. The van der Waals surface area contributed by atoms with E-state index in [1.54, 1.807) is 18.6 Å². The topological polar surface area (TPSA) is 74.2 Å². The zero-order valence-corrected chi connectivity index (χ0v) is 15.6. The first-order valence-corrected chi connectivity index (χ1v) is 9.70. The normalized spacial score (nSPS) is 16.8. The molecule has 2 aromatic heterocycles. The van der Waals surface area contributed by atoms with Crippen LogP contribution in [0.15, 0.2) is 48.9 Å². The van der Waals surface area contributed by atoms with Gasteiger partial charge in [-0.25, -0.2) is 9.97 Å². The van der Waals surface area contributed by atoms with Crippen LogP contribution in [0.5, 0.6) is 0 Å². The molecular weight excluding hydrogens is 352 g/mol. The Balaban J connectivity index is 1.33. The first kappa shape index (κ1) is 16.9. The summed E-state index contributed by atoms with van der Waals surface area (Å²) in [6.45, 7) is 4.27. The van der Waals surface area contributed by atoms with Crippen molar-refractivity contribution < 1.29 is 0 Å². The minimum Gasteiger partial charge on any atom is -0.337 e. The Morgan fingerprint density at radius 2 is 1.54 bits per heavy atom. The third-order valence-corrected chi connectivity index (χ3v) is 5.32. The molecule has 2 aliphatic heterocycles. The van der Waals surface area contributed by atoms with E-state index >= 15 is 0 Å². The highest BCUT2D eigenvalue weighted by atomic mass is 15.4. The van der Waals surface area contributed by atoms with E-state index in [0.29, 0.717) is 5.95 Å². The molecule has 0 amide bonds. The number of rotatable bonds is 3. The minimum atomic E-state index is 0.689. The van der Waals surface area contributed by atoms with Crippen LogP contribution in [0.3, 0.4) is 0 Å². The molecule has 5 rings (SSSR count). The molecule has 1 fully saturated rings. The lowest BCUT2D eigenvalue weighted by Gasteiger charge is -2.35. The Hall–Kier alpha value is -3.29. The molecule has 2 aliphatic rings. The molecule has 0 aliphatic carbocycles. The Kier molecular flexibility index (Phi) is 4.44. The Bertz CT molecular complexity index is 940. The standard InChI is InChI=1S/C20H22N8/c1-2-7-17-16(5-1)6-3-10-28(17)18-15-23-25-20(24-18)27-13-11-26(12-14-27)19-21-8-4-9-22-19/h1-2,4-5,7-9,15H,3,6,10-14H2. The van der Waals surface area contributed by atoms with Crippen LogP contribution in [0.1, 0.15) is 12.0 Å². The molecule has 0 bridgehead atoms. The number of para-hydroxylation sites is 1. The maximum Gasteiger partial charge on any atom is 0.247 e. The molecule has 3 aromatic rings. The van der Waals surface area contributed by atoms with Crippen LogP contribution in [0.4, 0.5) is 23.4 Å². The Labute approximate surface area is 163 Å². The quantitative estimate of drug-likeness (QED) is 0.690. The second-order valence-corrected chi connectivity index (χ2v) is 7.02. The molecule has 0 radical (unpaired) electrons. The van der Waals surface area contributed by atoms with E-state index < -0.39 is 0 Å². The van der Waals surface area contributed by atoms with E-state index in [0.717, 1.165) is 57.3 Å². The van der Waals surface area contributed by atoms with Gasteiger partial charge >= 0.3 is 0 Å². The van der Waals surface area contributed by atoms with E-state index in [1.807, 2.05) is 6.07 Å². The van der Waals surface area contributed by atoms with Gasteiger partial charge in [-0.05, 0) is 30.5 Å². The maximum atomic E-state index is 4.85. The number of anilines is 4. The molecule has 8 heteroatoms. The van der Waals surface area contributed by atoms with Crippen molar-refractivity contribution >= 4 is 23.4 Å². The van der Waals surface area contributed by atoms with Crippen molar-refractivity contribution in [1.29, 1.82) is 0 Å². The zero-order chi connectivity index (χ0) is 18.8. The van der Waals surface area contributed by atoms with Crippen molar-refractivity contribution in [2.45, 2.75) is 12.8 Å². The second kappa shape index (κ2) is 7.38. The highest BCUT2D eigenvalue weighted by Crippen LogP contribution is 2.32. The number of fused-ring (bicyclic) bond motifs is 1. The van der Waals surface area contributed by atoms with Crippen LogP contribution in [0, 0.1) is 0 Å². The lowest BCUT2D eigenvalue weighted by molar-refractivity contribution is 0.622. The van der Waals surface area contributed by atoms with E-state index in [-0.39, 0.29) is 0 Å². The van der Waals surface area contributed by atoms with Gasteiger partial charge in [0.25, 0.3) is 0 Å². The molecule has 1 saturated heterocycles. The third-order valence-electron chi connectivity index (χ3n) is 5.32. The van der Waals surface area contributed by atoms with Crippen LogP contribution in [-0.2, 0) is 6.42 Å². The summed E-state index contributed by atoms with van der Waals surface area (Å²) in [4.78, 5) is 20.2. The predicted octanol–water partition coefficient (Wildman–Crippen LogP) is 2.07. The van der Waals surface area contributed by atoms with Gasteiger partial charge in [0.2, 0.25) is 11.9 Å². The van der Waals surface area contributed by atoms with Gasteiger partial charge in [0.05, 0.1) is 6.20 Å². The van der Waals surface area contributed by atoms with Crippen molar-refractivity contribution in [3.63, 3.8) is 0 Å². The smallest absolute Gasteiger partial charge is 0.247 e. The number of piperazine rings is 1. The zero-order valence-electron chi connectivity index (χ0n) is 15.6.